The van der Waals surface area contributed by atoms with Crippen molar-refractivity contribution in [2.75, 3.05) is 12.4 Å². The molecule has 2 aromatic heterocycles. The fraction of sp³-hybridized carbons (Fsp3) is 0.235. The zero-order chi connectivity index (χ0) is 19.4. The van der Waals surface area contributed by atoms with Gasteiger partial charge in [-0.25, -0.2) is 4.98 Å². The second kappa shape index (κ2) is 8.36. The molecule has 140 valence electrons. The van der Waals surface area contributed by atoms with Gasteiger partial charge < -0.3 is 10.1 Å². The first-order valence-electron chi connectivity index (χ1n) is 8.00. The lowest BCUT2D eigenvalue weighted by Gasteiger charge is -2.13. The standard InChI is InChI=1S/C17H17ClN6O2S/c1-10-4-6-14(26-3)13(8-10)24-17(21-22-23-24)27-11(2)16(25)20-15-7-5-12(18)9-19-15/h4-9,11H,1-3H3,(H,19,20,25)/t11-/m0/s1. The summed E-state index contributed by atoms with van der Waals surface area (Å²) in [5.74, 6) is 0.842. The number of anilines is 1. The molecule has 1 aromatic carbocycles. The zero-order valence-corrected chi connectivity index (χ0v) is 16.5. The highest BCUT2D eigenvalue weighted by atomic mass is 35.5. The third-order valence-electron chi connectivity index (χ3n) is 3.63. The van der Waals surface area contributed by atoms with Crippen LogP contribution in [-0.4, -0.2) is 43.5 Å². The molecule has 1 amide bonds. The summed E-state index contributed by atoms with van der Waals surface area (Å²) in [5, 5.41) is 15.1. The SMILES string of the molecule is COc1ccc(C)cc1-n1nnnc1S[C@@H](C)C(=O)Nc1ccc(Cl)cn1. The molecular formula is C17H17ClN6O2S. The van der Waals surface area contributed by atoms with Crippen LogP contribution >= 0.6 is 23.4 Å². The molecule has 10 heteroatoms. The van der Waals surface area contributed by atoms with E-state index in [1.54, 1.807) is 30.8 Å². The van der Waals surface area contributed by atoms with Crippen molar-refractivity contribution in [2.24, 2.45) is 0 Å². The number of rotatable bonds is 6. The molecule has 8 nitrogen and oxygen atoms in total. The first-order valence-corrected chi connectivity index (χ1v) is 9.26. The highest BCUT2D eigenvalue weighted by Crippen LogP contribution is 2.29. The molecule has 0 bridgehead atoms. The van der Waals surface area contributed by atoms with Crippen molar-refractivity contribution in [1.82, 2.24) is 25.2 Å². The van der Waals surface area contributed by atoms with E-state index in [1.807, 2.05) is 25.1 Å². The number of aryl methyl sites for hydroxylation is 1. The fourth-order valence-electron chi connectivity index (χ4n) is 2.26. The summed E-state index contributed by atoms with van der Waals surface area (Å²) < 4.78 is 6.95. The Morgan fingerprint density at radius 1 is 1.33 bits per heavy atom. The molecule has 2 heterocycles. The quantitative estimate of drug-likeness (QED) is 0.630. The summed E-state index contributed by atoms with van der Waals surface area (Å²) in [7, 11) is 1.58. The van der Waals surface area contributed by atoms with Crippen LogP contribution in [0.25, 0.3) is 5.69 Å². The lowest BCUT2D eigenvalue weighted by atomic mass is 10.2. The zero-order valence-electron chi connectivity index (χ0n) is 14.9. The van der Waals surface area contributed by atoms with Crippen LogP contribution in [0, 0.1) is 6.92 Å². The number of nitrogens with one attached hydrogen (secondary N) is 1. The molecule has 27 heavy (non-hydrogen) atoms. The molecule has 1 atom stereocenters. The third-order valence-corrected chi connectivity index (χ3v) is 4.89. The average Bonchev–Trinajstić information content (AvgIpc) is 3.11. The monoisotopic (exact) mass is 404 g/mol. The predicted octanol–water partition coefficient (Wildman–Crippen LogP) is 3.15. The van der Waals surface area contributed by atoms with Crippen molar-refractivity contribution in [2.45, 2.75) is 24.3 Å². The lowest BCUT2D eigenvalue weighted by molar-refractivity contribution is -0.115. The van der Waals surface area contributed by atoms with Crippen molar-refractivity contribution in [3.63, 3.8) is 0 Å². The largest absolute Gasteiger partial charge is 0.494 e. The minimum Gasteiger partial charge on any atom is -0.494 e. The maximum atomic E-state index is 12.4. The number of amides is 1. The minimum atomic E-state index is -0.456. The highest BCUT2D eigenvalue weighted by molar-refractivity contribution is 8.00. The topological polar surface area (TPSA) is 94.8 Å². The summed E-state index contributed by atoms with van der Waals surface area (Å²) in [6.45, 7) is 3.73. The van der Waals surface area contributed by atoms with E-state index in [2.05, 4.69) is 25.8 Å². The van der Waals surface area contributed by atoms with Crippen molar-refractivity contribution in [3.8, 4) is 11.4 Å². The van der Waals surface area contributed by atoms with Crippen LogP contribution in [-0.2, 0) is 4.79 Å². The number of carbonyl (C=O) groups is 1. The Hall–Kier alpha value is -2.65. The molecule has 0 spiro atoms. The van der Waals surface area contributed by atoms with Crippen LogP contribution in [0.15, 0.2) is 41.7 Å². The Morgan fingerprint density at radius 3 is 2.85 bits per heavy atom. The normalized spacial score (nSPS) is 11.9. The third kappa shape index (κ3) is 4.55. The molecule has 0 fully saturated rings. The van der Waals surface area contributed by atoms with Gasteiger partial charge in [0.15, 0.2) is 0 Å². The second-order valence-corrected chi connectivity index (χ2v) is 7.40. The highest BCUT2D eigenvalue weighted by Gasteiger charge is 2.21. The number of halogens is 1. The van der Waals surface area contributed by atoms with Gasteiger partial charge in [-0.2, -0.15) is 4.68 Å². The van der Waals surface area contributed by atoms with E-state index < -0.39 is 5.25 Å². The Balaban J connectivity index is 1.77. The van der Waals surface area contributed by atoms with Crippen LogP contribution in [0.3, 0.4) is 0 Å². The van der Waals surface area contributed by atoms with Crippen LogP contribution in [0.5, 0.6) is 5.75 Å². The molecule has 0 saturated heterocycles. The molecule has 0 aliphatic heterocycles. The Morgan fingerprint density at radius 2 is 2.15 bits per heavy atom. The van der Waals surface area contributed by atoms with Crippen LogP contribution in [0.2, 0.25) is 5.02 Å². The Kier molecular flexibility index (Phi) is 5.92. The van der Waals surface area contributed by atoms with E-state index in [1.165, 1.54) is 18.0 Å². The van der Waals surface area contributed by atoms with E-state index in [9.17, 15) is 4.79 Å². The first kappa shape index (κ1) is 19.1. The molecule has 1 N–H and O–H groups in total. The maximum absolute atomic E-state index is 12.4. The number of hydrogen-bond acceptors (Lipinski definition) is 7. The van der Waals surface area contributed by atoms with Crippen molar-refractivity contribution < 1.29 is 9.53 Å². The first-order chi connectivity index (χ1) is 13.0. The van der Waals surface area contributed by atoms with Crippen molar-refractivity contribution >= 4 is 35.1 Å². The molecular weight excluding hydrogens is 388 g/mol. The van der Waals surface area contributed by atoms with Gasteiger partial charge in [0, 0.05) is 6.20 Å². The minimum absolute atomic E-state index is 0.222. The van der Waals surface area contributed by atoms with Gasteiger partial charge in [0.05, 0.1) is 17.4 Å². The van der Waals surface area contributed by atoms with Gasteiger partial charge in [-0.1, -0.05) is 29.4 Å². The van der Waals surface area contributed by atoms with Gasteiger partial charge >= 0.3 is 0 Å². The molecule has 0 saturated carbocycles. The van der Waals surface area contributed by atoms with Gasteiger partial charge in [0.25, 0.3) is 0 Å². The lowest BCUT2D eigenvalue weighted by Crippen LogP contribution is -2.23. The molecule has 3 rings (SSSR count). The number of carbonyl (C=O) groups excluding carboxylic acids is 1. The van der Waals surface area contributed by atoms with Crippen molar-refractivity contribution in [1.29, 1.82) is 0 Å². The number of aromatic nitrogens is 5. The number of tetrazole rings is 1. The maximum Gasteiger partial charge on any atom is 0.238 e. The summed E-state index contributed by atoms with van der Waals surface area (Å²) in [6, 6.07) is 9.01. The molecule has 0 unspecified atom stereocenters. The van der Waals surface area contributed by atoms with E-state index in [0.717, 1.165) is 5.56 Å². The van der Waals surface area contributed by atoms with Crippen LogP contribution < -0.4 is 10.1 Å². The van der Waals surface area contributed by atoms with Crippen molar-refractivity contribution in [3.05, 3.63) is 47.1 Å². The van der Waals surface area contributed by atoms with Gasteiger partial charge in [0.2, 0.25) is 11.1 Å². The number of thioether (sulfide) groups is 1. The number of benzene rings is 1. The molecule has 3 aromatic rings. The molecule has 0 aliphatic carbocycles. The van der Waals surface area contributed by atoms with Crippen LogP contribution in [0.1, 0.15) is 12.5 Å². The second-order valence-electron chi connectivity index (χ2n) is 5.66. The number of pyridine rings is 1. The van der Waals surface area contributed by atoms with E-state index in [4.69, 9.17) is 16.3 Å². The van der Waals surface area contributed by atoms with E-state index in [0.29, 0.717) is 27.4 Å². The fourth-order valence-corrected chi connectivity index (χ4v) is 3.17. The van der Waals surface area contributed by atoms with Gasteiger partial charge in [-0.15, -0.1) is 5.10 Å². The summed E-state index contributed by atoms with van der Waals surface area (Å²) in [4.78, 5) is 16.5. The number of hydrogen-bond donors (Lipinski definition) is 1. The summed E-state index contributed by atoms with van der Waals surface area (Å²) in [5.41, 5.74) is 1.74. The Bertz CT molecular complexity index is 947. The van der Waals surface area contributed by atoms with E-state index >= 15 is 0 Å². The van der Waals surface area contributed by atoms with E-state index in [-0.39, 0.29) is 5.91 Å². The van der Waals surface area contributed by atoms with Gasteiger partial charge in [-0.3, -0.25) is 4.79 Å². The van der Waals surface area contributed by atoms with Crippen LogP contribution in [0.4, 0.5) is 5.82 Å². The molecule has 0 aliphatic rings. The smallest absolute Gasteiger partial charge is 0.238 e. The molecule has 0 radical (unpaired) electrons. The number of nitrogens with zero attached hydrogens (tertiary/aromatic N) is 5. The predicted molar refractivity (Wildman–Crippen MR) is 104 cm³/mol. The summed E-state index contributed by atoms with van der Waals surface area (Å²) in [6.07, 6.45) is 1.47. The van der Waals surface area contributed by atoms with Gasteiger partial charge in [-0.05, 0) is 54.1 Å². The summed E-state index contributed by atoms with van der Waals surface area (Å²) >= 11 is 7.04. The number of ether oxygens (including phenoxy) is 1. The van der Waals surface area contributed by atoms with Gasteiger partial charge in [0.1, 0.15) is 17.3 Å². The average molecular weight is 405 g/mol. The number of methoxy groups -OCH3 is 1. The Labute approximate surface area is 165 Å².